The molecule has 1 unspecified atom stereocenters. The van der Waals surface area contributed by atoms with E-state index >= 15 is 0 Å². The Kier molecular flexibility index (Phi) is 64.7. The van der Waals surface area contributed by atoms with Crippen LogP contribution in [0.5, 0.6) is 0 Å². The molecule has 0 radical (unpaired) electrons. The molecule has 0 aliphatic rings. The van der Waals surface area contributed by atoms with E-state index in [0.717, 1.165) is 109 Å². The Morgan fingerprint density at radius 3 is 0.787 bits per heavy atom. The van der Waals surface area contributed by atoms with E-state index in [1.807, 2.05) is 0 Å². The van der Waals surface area contributed by atoms with Crippen molar-refractivity contribution in [1.82, 2.24) is 0 Å². The fourth-order valence-corrected chi connectivity index (χ4v) is 9.71. The third-order valence-corrected chi connectivity index (χ3v) is 14.8. The first kappa shape index (κ1) is 76.3. The number of unbranched alkanes of at least 4 members (excludes halogenated alkanes) is 35. The molecule has 0 aliphatic heterocycles. The predicted molar refractivity (Wildman–Crippen MR) is 348 cm³/mol. The van der Waals surface area contributed by atoms with E-state index < -0.39 is 6.10 Å². The van der Waals surface area contributed by atoms with Crippen molar-refractivity contribution in [3.8, 4) is 0 Å². The SMILES string of the molecule is CC/C=C\C/C=C\C/C=C\C/C=C\C/C=C\C/C=C\C/C=C\CCCCCCCCCCCCCCCC(=O)OCC(COC(=O)CCCCCCC/C=C\CCCCCC)OC(=O)CCCCCCCCCCCCCCCC. The van der Waals surface area contributed by atoms with Crippen LogP contribution in [0, 0.1) is 0 Å². The molecule has 1 atom stereocenters. The van der Waals surface area contributed by atoms with E-state index in [1.165, 1.54) is 186 Å². The molecule has 0 saturated carbocycles. The second kappa shape index (κ2) is 67.8. The molecule has 6 nitrogen and oxygen atoms in total. The van der Waals surface area contributed by atoms with Crippen molar-refractivity contribution in [2.45, 2.75) is 341 Å². The molecule has 0 heterocycles. The van der Waals surface area contributed by atoms with Crippen LogP contribution in [0.2, 0.25) is 0 Å². The summed E-state index contributed by atoms with van der Waals surface area (Å²) in [4.78, 5) is 38.3. The van der Waals surface area contributed by atoms with Gasteiger partial charge in [-0.25, -0.2) is 0 Å². The fourth-order valence-electron chi connectivity index (χ4n) is 9.71. The van der Waals surface area contributed by atoms with Gasteiger partial charge in [-0.15, -0.1) is 0 Å². The summed E-state index contributed by atoms with van der Waals surface area (Å²) in [6.07, 6.45) is 91.5. The Hall–Kier alpha value is -3.67. The highest BCUT2D eigenvalue weighted by Crippen LogP contribution is 2.17. The molecule has 0 aromatic rings. The lowest BCUT2D eigenvalue weighted by molar-refractivity contribution is -0.167. The molecule has 0 N–H and O–H groups in total. The van der Waals surface area contributed by atoms with Crippen molar-refractivity contribution in [2.24, 2.45) is 0 Å². The lowest BCUT2D eigenvalue weighted by atomic mass is 10.0. The minimum Gasteiger partial charge on any atom is -0.462 e. The van der Waals surface area contributed by atoms with Gasteiger partial charge in [0.05, 0.1) is 0 Å². The van der Waals surface area contributed by atoms with Crippen LogP contribution in [0.1, 0.15) is 335 Å². The molecule has 0 fully saturated rings. The Balaban J connectivity index is 4.15. The number of carbonyl (C=O) groups excluding carboxylic acids is 3. The lowest BCUT2D eigenvalue weighted by Gasteiger charge is -2.18. The van der Waals surface area contributed by atoms with Crippen molar-refractivity contribution in [3.05, 3.63) is 97.2 Å². The van der Waals surface area contributed by atoms with Gasteiger partial charge in [0.25, 0.3) is 0 Å². The molecule has 0 amide bonds. The van der Waals surface area contributed by atoms with Gasteiger partial charge in [-0.2, -0.15) is 0 Å². The van der Waals surface area contributed by atoms with E-state index in [9.17, 15) is 14.4 Å². The Bertz CT molecular complexity index is 1560. The number of allylic oxidation sites excluding steroid dienone is 16. The van der Waals surface area contributed by atoms with Crippen LogP contribution in [0.4, 0.5) is 0 Å². The maximum absolute atomic E-state index is 12.9. The summed E-state index contributed by atoms with van der Waals surface area (Å²) in [5, 5.41) is 0. The molecule has 6 heteroatoms. The van der Waals surface area contributed by atoms with Crippen molar-refractivity contribution in [2.75, 3.05) is 13.2 Å². The molecule has 0 aliphatic carbocycles. The standard InChI is InChI=1S/C74H128O6/c1-4-7-10-13-16-19-22-25-27-28-29-30-31-32-33-34-35-36-37-38-39-40-41-42-43-44-45-46-47-50-52-55-58-61-64-67-73(76)79-70-71(69-78-72(75)66-63-60-57-54-51-48-24-21-18-15-12-9-6-3)80-74(77)68-65-62-59-56-53-49-26-23-20-17-14-11-8-5-2/h7,10,16,19,21,24-25,27,29-30,32-33,35-36,38-39,71H,4-6,8-9,11-15,17-18,20,22-23,26,28,31,34,37,40-70H2,1-3H3/b10-7-,19-16-,24-21-,27-25-,30-29-,33-32-,36-35-,39-38-. The zero-order valence-electron chi connectivity index (χ0n) is 52.8. The number of ether oxygens (including phenoxy) is 3. The predicted octanol–water partition coefficient (Wildman–Crippen LogP) is 23.6. The van der Waals surface area contributed by atoms with Gasteiger partial charge < -0.3 is 14.2 Å². The first-order valence-corrected chi connectivity index (χ1v) is 34.2. The maximum atomic E-state index is 12.9. The van der Waals surface area contributed by atoms with Crippen LogP contribution in [0.3, 0.4) is 0 Å². The minimum absolute atomic E-state index is 0.0760. The number of hydrogen-bond acceptors (Lipinski definition) is 6. The molecule has 460 valence electrons. The number of carbonyl (C=O) groups is 3. The van der Waals surface area contributed by atoms with E-state index in [-0.39, 0.29) is 31.1 Å². The first-order valence-electron chi connectivity index (χ1n) is 34.2. The van der Waals surface area contributed by atoms with Gasteiger partial charge in [0.1, 0.15) is 13.2 Å². The smallest absolute Gasteiger partial charge is 0.306 e. The largest absolute Gasteiger partial charge is 0.462 e. The molecule has 80 heavy (non-hydrogen) atoms. The molecular weight excluding hydrogens is 985 g/mol. The number of hydrogen-bond donors (Lipinski definition) is 0. The summed E-state index contributed by atoms with van der Waals surface area (Å²) in [5.74, 6) is -0.871. The monoisotopic (exact) mass is 1110 g/mol. The van der Waals surface area contributed by atoms with E-state index in [2.05, 4.69) is 118 Å². The van der Waals surface area contributed by atoms with Gasteiger partial charge in [0.15, 0.2) is 6.10 Å². The van der Waals surface area contributed by atoms with Crippen LogP contribution < -0.4 is 0 Å². The Morgan fingerprint density at radius 2 is 0.487 bits per heavy atom. The van der Waals surface area contributed by atoms with E-state index in [4.69, 9.17) is 14.2 Å². The molecular formula is C74H128O6. The van der Waals surface area contributed by atoms with Gasteiger partial charge in [0, 0.05) is 19.3 Å². The van der Waals surface area contributed by atoms with Crippen LogP contribution in [-0.4, -0.2) is 37.2 Å². The highest BCUT2D eigenvalue weighted by Gasteiger charge is 2.19. The summed E-state index contributed by atoms with van der Waals surface area (Å²) >= 11 is 0. The van der Waals surface area contributed by atoms with Crippen LogP contribution in [0.15, 0.2) is 97.2 Å². The second-order valence-electron chi connectivity index (χ2n) is 22.7. The highest BCUT2D eigenvalue weighted by molar-refractivity contribution is 5.71. The maximum Gasteiger partial charge on any atom is 0.306 e. The topological polar surface area (TPSA) is 78.9 Å². The van der Waals surface area contributed by atoms with Gasteiger partial charge in [0.2, 0.25) is 0 Å². The van der Waals surface area contributed by atoms with Gasteiger partial charge >= 0.3 is 17.9 Å². The van der Waals surface area contributed by atoms with E-state index in [0.29, 0.717) is 19.3 Å². The van der Waals surface area contributed by atoms with Crippen molar-refractivity contribution in [3.63, 3.8) is 0 Å². The Morgan fingerprint density at radius 1 is 0.263 bits per heavy atom. The second-order valence-corrected chi connectivity index (χ2v) is 22.7. The zero-order valence-corrected chi connectivity index (χ0v) is 52.8. The summed E-state index contributed by atoms with van der Waals surface area (Å²) < 4.78 is 16.9. The zero-order chi connectivity index (χ0) is 57.8. The van der Waals surface area contributed by atoms with Crippen LogP contribution >= 0.6 is 0 Å². The fraction of sp³-hybridized carbons (Fsp3) is 0.743. The number of rotatable bonds is 62. The lowest BCUT2D eigenvalue weighted by Crippen LogP contribution is -2.30. The first-order chi connectivity index (χ1) is 39.5. The summed E-state index contributed by atoms with van der Waals surface area (Å²) in [6.45, 7) is 6.54. The van der Waals surface area contributed by atoms with Crippen LogP contribution in [-0.2, 0) is 28.6 Å². The van der Waals surface area contributed by atoms with Gasteiger partial charge in [-0.05, 0) is 103 Å². The molecule has 0 aromatic heterocycles. The van der Waals surface area contributed by atoms with Crippen molar-refractivity contribution < 1.29 is 28.6 Å². The quantitative estimate of drug-likeness (QED) is 0.0261. The average Bonchev–Trinajstić information content (AvgIpc) is 3.46. The van der Waals surface area contributed by atoms with Gasteiger partial charge in [-0.1, -0.05) is 311 Å². The Labute approximate surface area is 496 Å². The van der Waals surface area contributed by atoms with Crippen LogP contribution in [0.25, 0.3) is 0 Å². The summed E-state index contributed by atoms with van der Waals surface area (Å²) in [7, 11) is 0. The van der Waals surface area contributed by atoms with Crippen molar-refractivity contribution in [1.29, 1.82) is 0 Å². The average molecular weight is 1110 g/mol. The third kappa shape index (κ3) is 65.1. The minimum atomic E-state index is -0.778. The highest BCUT2D eigenvalue weighted by atomic mass is 16.6. The molecule has 0 spiro atoms. The molecule has 0 rings (SSSR count). The summed E-state index contributed by atoms with van der Waals surface area (Å²) in [5.41, 5.74) is 0. The van der Waals surface area contributed by atoms with Crippen molar-refractivity contribution >= 4 is 17.9 Å². The van der Waals surface area contributed by atoms with E-state index in [1.54, 1.807) is 0 Å². The molecule has 0 bridgehead atoms. The molecule has 0 aromatic carbocycles. The third-order valence-electron chi connectivity index (χ3n) is 14.8. The summed E-state index contributed by atoms with van der Waals surface area (Å²) in [6, 6.07) is 0. The number of esters is 3. The molecule has 0 saturated heterocycles. The normalized spacial score (nSPS) is 12.7. The van der Waals surface area contributed by atoms with Gasteiger partial charge in [-0.3, -0.25) is 14.4 Å².